The molecule has 0 bridgehead atoms. The molecule has 0 atom stereocenters. The van der Waals surface area contributed by atoms with Crippen LogP contribution in [0.4, 0.5) is 5.69 Å². The Kier molecular flexibility index (Phi) is 4.21. The highest BCUT2D eigenvalue weighted by Crippen LogP contribution is 2.16. The van der Waals surface area contributed by atoms with Crippen molar-refractivity contribution in [3.05, 3.63) is 71.7 Å². The summed E-state index contributed by atoms with van der Waals surface area (Å²) in [6.07, 6.45) is 1.68. The molecule has 1 N–H and O–H groups in total. The lowest BCUT2D eigenvalue weighted by atomic mass is 10.2. The van der Waals surface area contributed by atoms with E-state index >= 15 is 0 Å². The molecule has 0 aliphatic heterocycles. The highest BCUT2D eigenvalue weighted by molar-refractivity contribution is 6.01. The van der Waals surface area contributed by atoms with Crippen molar-refractivity contribution in [3.63, 3.8) is 0 Å². The minimum atomic E-state index is -0.481. The van der Waals surface area contributed by atoms with Crippen LogP contribution < -0.4 is 5.32 Å². The standard InChI is InChI=1S/C19H16N6O2/c1-12-6-8-15(9-7-12)25-11-16(22-24-25)17-21-19(27-23-17)18(26)20-14-5-3-4-13(2)10-14/h3-11H,1-2H3,(H,20,26). The predicted octanol–water partition coefficient (Wildman–Crippen LogP) is 3.19. The van der Waals surface area contributed by atoms with Crippen LogP contribution in [0.1, 0.15) is 21.8 Å². The Morgan fingerprint density at radius 3 is 2.67 bits per heavy atom. The molecule has 8 heteroatoms. The number of aryl methyl sites for hydroxylation is 2. The van der Waals surface area contributed by atoms with E-state index in [0.29, 0.717) is 11.4 Å². The van der Waals surface area contributed by atoms with Gasteiger partial charge in [-0.05, 0) is 43.7 Å². The highest BCUT2D eigenvalue weighted by Gasteiger charge is 2.18. The largest absolute Gasteiger partial charge is 0.328 e. The normalized spacial score (nSPS) is 10.7. The molecule has 0 fully saturated rings. The smallest absolute Gasteiger partial charge is 0.316 e. The summed E-state index contributed by atoms with van der Waals surface area (Å²) in [5.41, 5.74) is 4.12. The van der Waals surface area contributed by atoms with E-state index < -0.39 is 5.91 Å². The Balaban J connectivity index is 1.52. The number of aromatic nitrogens is 5. The molecule has 8 nitrogen and oxygen atoms in total. The SMILES string of the molecule is Cc1ccc(-n2cc(-c3noc(C(=O)Nc4cccc(C)c4)n3)nn2)cc1. The van der Waals surface area contributed by atoms with E-state index in [9.17, 15) is 4.79 Å². The molecule has 2 aromatic heterocycles. The van der Waals surface area contributed by atoms with Gasteiger partial charge in [0.05, 0.1) is 11.9 Å². The van der Waals surface area contributed by atoms with Crippen LogP contribution in [0.15, 0.2) is 59.3 Å². The third-order valence-electron chi connectivity index (χ3n) is 3.92. The molecule has 27 heavy (non-hydrogen) atoms. The quantitative estimate of drug-likeness (QED) is 0.600. The molecule has 2 aromatic carbocycles. The summed E-state index contributed by atoms with van der Waals surface area (Å²) in [4.78, 5) is 16.4. The molecule has 0 spiro atoms. The van der Waals surface area contributed by atoms with Gasteiger partial charge >= 0.3 is 11.8 Å². The third-order valence-corrected chi connectivity index (χ3v) is 3.92. The van der Waals surface area contributed by atoms with Gasteiger partial charge in [0.15, 0.2) is 5.69 Å². The number of amides is 1. The zero-order chi connectivity index (χ0) is 18.8. The summed E-state index contributed by atoms with van der Waals surface area (Å²) in [5, 5.41) is 14.7. The number of nitrogens with one attached hydrogen (secondary N) is 1. The second-order valence-corrected chi connectivity index (χ2v) is 6.13. The zero-order valence-corrected chi connectivity index (χ0v) is 14.7. The maximum absolute atomic E-state index is 12.3. The van der Waals surface area contributed by atoms with Crippen LogP contribution >= 0.6 is 0 Å². The van der Waals surface area contributed by atoms with Crippen molar-refractivity contribution in [2.45, 2.75) is 13.8 Å². The number of nitrogens with zero attached hydrogens (tertiary/aromatic N) is 5. The summed E-state index contributed by atoms with van der Waals surface area (Å²) >= 11 is 0. The number of carbonyl (C=O) groups is 1. The van der Waals surface area contributed by atoms with Crippen molar-refractivity contribution < 1.29 is 9.32 Å². The topological polar surface area (TPSA) is 98.7 Å². The zero-order valence-electron chi connectivity index (χ0n) is 14.7. The lowest BCUT2D eigenvalue weighted by Gasteiger charge is -2.02. The Bertz CT molecular complexity index is 1100. The van der Waals surface area contributed by atoms with Crippen molar-refractivity contribution in [2.24, 2.45) is 0 Å². The molecule has 0 radical (unpaired) electrons. The van der Waals surface area contributed by atoms with Gasteiger partial charge in [0.1, 0.15) is 0 Å². The molecular weight excluding hydrogens is 344 g/mol. The van der Waals surface area contributed by atoms with E-state index in [4.69, 9.17) is 4.52 Å². The van der Waals surface area contributed by atoms with Crippen LogP contribution in [-0.2, 0) is 0 Å². The molecule has 0 saturated heterocycles. The molecule has 1 amide bonds. The van der Waals surface area contributed by atoms with Gasteiger partial charge in [-0.2, -0.15) is 4.98 Å². The maximum atomic E-state index is 12.3. The van der Waals surface area contributed by atoms with Gasteiger partial charge in [0.25, 0.3) is 0 Å². The summed E-state index contributed by atoms with van der Waals surface area (Å²) in [7, 11) is 0. The fraction of sp³-hybridized carbons (Fsp3) is 0.105. The predicted molar refractivity (Wildman–Crippen MR) is 98.5 cm³/mol. The fourth-order valence-electron chi connectivity index (χ4n) is 2.52. The minimum Gasteiger partial charge on any atom is -0.328 e. The Morgan fingerprint density at radius 1 is 1.07 bits per heavy atom. The van der Waals surface area contributed by atoms with Gasteiger partial charge in [-0.25, -0.2) is 4.68 Å². The van der Waals surface area contributed by atoms with Gasteiger partial charge in [-0.1, -0.05) is 40.2 Å². The van der Waals surface area contributed by atoms with Gasteiger partial charge in [-0.3, -0.25) is 4.79 Å². The van der Waals surface area contributed by atoms with Crippen LogP contribution in [0.3, 0.4) is 0 Å². The summed E-state index contributed by atoms with van der Waals surface area (Å²) in [6, 6.07) is 15.3. The van der Waals surface area contributed by atoms with Gasteiger partial charge in [0.2, 0.25) is 5.82 Å². The van der Waals surface area contributed by atoms with Gasteiger partial charge < -0.3 is 9.84 Å². The van der Waals surface area contributed by atoms with E-state index in [1.54, 1.807) is 16.9 Å². The molecule has 4 aromatic rings. The van der Waals surface area contributed by atoms with E-state index in [2.05, 4.69) is 25.8 Å². The molecular formula is C19H16N6O2. The second kappa shape index (κ2) is 6.83. The van der Waals surface area contributed by atoms with Crippen molar-refractivity contribution in [1.82, 2.24) is 25.1 Å². The van der Waals surface area contributed by atoms with Crippen molar-refractivity contribution in [3.8, 4) is 17.2 Å². The summed E-state index contributed by atoms with van der Waals surface area (Å²) in [5.74, 6) is -0.426. The van der Waals surface area contributed by atoms with Crippen molar-refractivity contribution >= 4 is 11.6 Å². The number of rotatable bonds is 4. The van der Waals surface area contributed by atoms with E-state index in [0.717, 1.165) is 16.8 Å². The second-order valence-electron chi connectivity index (χ2n) is 6.13. The number of hydrogen-bond acceptors (Lipinski definition) is 6. The van der Waals surface area contributed by atoms with Gasteiger partial charge in [-0.15, -0.1) is 5.10 Å². The lowest BCUT2D eigenvalue weighted by molar-refractivity contribution is 0.0981. The monoisotopic (exact) mass is 360 g/mol. The van der Waals surface area contributed by atoms with Crippen LogP contribution in [-0.4, -0.2) is 31.0 Å². The van der Waals surface area contributed by atoms with Crippen LogP contribution in [0.2, 0.25) is 0 Å². The van der Waals surface area contributed by atoms with Crippen molar-refractivity contribution in [2.75, 3.05) is 5.32 Å². The van der Waals surface area contributed by atoms with Crippen LogP contribution in [0.5, 0.6) is 0 Å². The summed E-state index contributed by atoms with van der Waals surface area (Å²) < 4.78 is 6.67. The molecule has 4 rings (SSSR count). The molecule has 0 aliphatic carbocycles. The first-order valence-electron chi connectivity index (χ1n) is 8.30. The molecule has 134 valence electrons. The number of benzene rings is 2. The van der Waals surface area contributed by atoms with Crippen LogP contribution in [0, 0.1) is 13.8 Å². The first-order chi connectivity index (χ1) is 13.1. The first-order valence-corrected chi connectivity index (χ1v) is 8.30. The molecule has 2 heterocycles. The van der Waals surface area contributed by atoms with E-state index in [1.807, 2.05) is 56.3 Å². The first kappa shape index (κ1) is 16.6. The lowest BCUT2D eigenvalue weighted by Crippen LogP contribution is -2.12. The van der Waals surface area contributed by atoms with Crippen molar-refractivity contribution in [1.29, 1.82) is 0 Å². The number of hydrogen-bond donors (Lipinski definition) is 1. The van der Waals surface area contributed by atoms with Gasteiger partial charge in [0, 0.05) is 5.69 Å². The van der Waals surface area contributed by atoms with E-state index in [-0.39, 0.29) is 11.7 Å². The molecule has 0 aliphatic rings. The average Bonchev–Trinajstić information content (AvgIpc) is 3.32. The minimum absolute atomic E-state index is 0.142. The number of carbonyl (C=O) groups excluding carboxylic acids is 1. The molecule has 0 unspecified atom stereocenters. The summed E-state index contributed by atoms with van der Waals surface area (Å²) in [6.45, 7) is 3.96. The third kappa shape index (κ3) is 3.59. The molecule has 0 saturated carbocycles. The maximum Gasteiger partial charge on any atom is 0.316 e. The Labute approximate surface area is 154 Å². The highest BCUT2D eigenvalue weighted by atomic mass is 16.5. The van der Waals surface area contributed by atoms with E-state index in [1.165, 1.54) is 0 Å². The Hall–Kier alpha value is -3.81. The Morgan fingerprint density at radius 2 is 1.89 bits per heavy atom. The average molecular weight is 360 g/mol. The van der Waals surface area contributed by atoms with Crippen LogP contribution in [0.25, 0.3) is 17.2 Å². The fourth-order valence-corrected chi connectivity index (χ4v) is 2.52. The number of anilines is 1.